The highest BCUT2D eigenvalue weighted by Gasteiger charge is 2.26. The van der Waals surface area contributed by atoms with Gasteiger partial charge in [0.05, 0.1) is 28.0 Å². The maximum Gasteiger partial charge on any atom is 0.407 e. The number of benzene rings is 1. The molecule has 1 aliphatic rings. The number of ether oxygens (including phenoxy) is 1. The highest BCUT2D eigenvalue weighted by molar-refractivity contribution is 7.99. The molecule has 13 heteroatoms. The summed E-state index contributed by atoms with van der Waals surface area (Å²) in [6, 6.07) is 3.74. The Bertz CT molecular complexity index is 995. The smallest absolute Gasteiger partial charge is 0.407 e. The minimum Gasteiger partial charge on any atom is -0.481 e. The summed E-state index contributed by atoms with van der Waals surface area (Å²) in [7, 11) is 0. The van der Waals surface area contributed by atoms with E-state index in [0.717, 1.165) is 35.8 Å². The van der Waals surface area contributed by atoms with Gasteiger partial charge in [-0.1, -0.05) is 61.4 Å². The molecule has 1 amide bonds. The molecule has 0 spiro atoms. The first-order valence-corrected chi connectivity index (χ1v) is 12.5. The largest absolute Gasteiger partial charge is 0.481 e. The highest BCUT2D eigenvalue weighted by Crippen LogP contribution is 2.36. The van der Waals surface area contributed by atoms with Crippen LogP contribution in [0, 0.1) is 5.92 Å². The van der Waals surface area contributed by atoms with Gasteiger partial charge in [0, 0.05) is 0 Å². The predicted molar refractivity (Wildman–Crippen MR) is 125 cm³/mol. The van der Waals surface area contributed by atoms with E-state index in [9.17, 15) is 14.4 Å². The molecule has 34 heavy (non-hydrogen) atoms. The monoisotopic (exact) mass is 529 g/mol. The van der Waals surface area contributed by atoms with Crippen LogP contribution in [0.2, 0.25) is 10.0 Å². The Morgan fingerprint density at radius 2 is 1.91 bits per heavy atom. The molecular formula is C21H25Cl2N5O5S. The molecule has 1 unspecified atom stereocenters. The van der Waals surface area contributed by atoms with Gasteiger partial charge in [0.2, 0.25) is 5.16 Å². The van der Waals surface area contributed by atoms with E-state index in [-0.39, 0.29) is 18.3 Å². The van der Waals surface area contributed by atoms with E-state index in [4.69, 9.17) is 33.0 Å². The number of carboxylic acids is 1. The standard InChI is InChI=1S/C21H25Cl2N5O5S/c22-14-7-4-8-15(23)19(14)34-20-25-27-28(26-20)12-17(29)16(11-18(30)31)24-21(32)33-10-9-13-5-2-1-3-6-13/h4,7-8,13,16H,1-3,5-6,9-12H2,(H,24,32)(H,30,31). The normalized spacial score (nSPS) is 15.0. The van der Waals surface area contributed by atoms with Crippen molar-refractivity contribution in [1.82, 2.24) is 25.5 Å². The van der Waals surface area contributed by atoms with Crippen LogP contribution in [-0.2, 0) is 20.9 Å². The lowest BCUT2D eigenvalue weighted by Gasteiger charge is -2.21. The quantitative estimate of drug-likeness (QED) is 0.437. The van der Waals surface area contributed by atoms with Crippen LogP contribution in [-0.4, -0.2) is 55.8 Å². The van der Waals surface area contributed by atoms with E-state index in [1.807, 2.05) is 0 Å². The molecule has 1 aromatic carbocycles. The number of halogens is 2. The average molecular weight is 530 g/mol. The van der Waals surface area contributed by atoms with Crippen LogP contribution in [0.25, 0.3) is 0 Å². The molecule has 1 fully saturated rings. The number of carbonyl (C=O) groups is 3. The number of aliphatic carboxylic acids is 1. The summed E-state index contributed by atoms with van der Waals surface area (Å²) in [5, 5.41) is 24.3. The zero-order valence-corrected chi connectivity index (χ0v) is 20.6. The first kappa shape index (κ1) is 26.2. The van der Waals surface area contributed by atoms with Crippen LogP contribution in [0.1, 0.15) is 44.9 Å². The van der Waals surface area contributed by atoms with Crippen molar-refractivity contribution in [3.8, 4) is 0 Å². The Morgan fingerprint density at radius 1 is 1.21 bits per heavy atom. The number of ketones is 1. The molecule has 1 heterocycles. The zero-order chi connectivity index (χ0) is 24.5. The molecule has 1 aromatic heterocycles. The van der Waals surface area contributed by atoms with Crippen molar-refractivity contribution in [3.63, 3.8) is 0 Å². The Morgan fingerprint density at radius 3 is 2.59 bits per heavy atom. The second-order valence-electron chi connectivity index (χ2n) is 7.94. The second kappa shape index (κ2) is 12.9. The van der Waals surface area contributed by atoms with Crippen molar-refractivity contribution in [2.75, 3.05) is 6.61 Å². The van der Waals surface area contributed by atoms with Crippen molar-refractivity contribution in [2.24, 2.45) is 5.92 Å². The lowest BCUT2D eigenvalue weighted by molar-refractivity contribution is -0.139. The Balaban J connectivity index is 1.53. The van der Waals surface area contributed by atoms with Gasteiger partial charge in [-0.15, -0.1) is 10.2 Å². The van der Waals surface area contributed by atoms with Gasteiger partial charge in [-0.05, 0) is 41.4 Å². The van der Waals surface area contributed by atoms with E-state index in [0.29, 0.717) is 20.9 Å². The van der Waals surface area contributed by atoms with Gasteiger partial charge in [-0.3, -0.25) is 9.59 Å². The number of carboxylic acid groups (broad SMARTS) is 1. The van der Waals surface area contributed by atoms with Crippen molar-refractivity contribution in [2.45, 2.75) is 67.6 Å². The number of aromatic nitrogens is 4. The first-order valence-electron chi connectivity index (χ1n) is 10.9. The van der Waals surface area contributed by atoms with Crippen molar-refractivity contribution in [3.05, 3.63) is 28.2 Å². The number of alkyl carbamates (subject to hydrolysis) is 1. The molecule has 0 radical (unpaired) electrons. The van der Waals surface area contributed by atoms with E-state index in [1.54, 1.807) is 18.2 Å². The van der Waals surface area contributed by atoms with Gasteiger partial charge >= 0.3 is 12.1 Å². The van der Waals surface area contributed by atoms with Gasteiger partial charge in [0.25, 0.3) is 0 Å². The molecule has 1 atom stereocenters. The van der Waals surface area contributed by atoms with Crippen LogP contribution in [0.4, 0.5) is 4.79 Å². The second-order valence-corrected chi connectivity index (χ2v) is 9.74. The Hall–Kier alpha value is -2.37. The van der Waals surface area contributed by atoms with Crippen molar-refractivity contribution < 1.29 is 24.2 Å². The van der Waals surface area contributed by atoms with Gasteiger partial charge in [0.1, 0.15) is 12.6 Å². The number of tetrazole rings is 1. The number of rotatable bonds is 11. The fraction of sp³-hybridized carbons (Fsp3) is 0.524. The third-order valence-electron chi connectivity index (χ3n) is 5.39. The maximum atomic E-state index is 12.7. The number of hydrogen-bond acceptors (Lipinski definition) is 8. The maximum absolute atomic E-state index is 12.7. The fourth-order valence-electron chi connectivity index (χ4n) is 3.66. The Labute approximate surface area is 210 Å². The number of nitrogens with zero attached hydrogens (tertiary/aromatic N) is 4. The molecule has 2 N–H and O–H groups in total. The fourth-order valence-corrected chi connectivity index (χ4v) is 5.01. The Kier molecular flexibility index (Phi) is 9.97. The topological polar surface area (TPSA) is 136 Å². The van der Waals surface area contributed by atoms with Crippen molar-refractivity contribution >= 4 is 52.8 Å². The number of amides is 1. The summed E-state index contributed by atoms with van der Waals surface area (Å²) in [5.41, 5.74) is 0. The molecule has 0 bridgehead atoms. The van der Waals surface area contributed by atoms with Crippen LogP contribution < -0.4 is 5.32 Å². The van der Waals surface area contributed by atoms with E-state index >= 15 is 0 Å². The molecule has 184 valence electrons. The minimum atomic E-state index is -1.29. The number of hydrogen-bond donors (Lipinski definition) is 2. The summed E-state index contributed by atoms with van der Waals surface area (Å²) in [6.07, 6.45) is 5.20. The van der Waals surface area contributed by atoms with E-state index < -0.39 is 30.3 Å². The molecule has 3 rings (SSSR count). The average Bonchev–Trinajstić information content (AvgIpc) is 3.23. The van der Waals surface area contributed by atoms with E-state index in [2.05, 4.69) is 20.7 Å². The first-order chi connectivity index (χ1) is 16.3. The zero-order valence-electron chi connectivity index (χ0n) is 18.3. The number of carbonyl (C=O) groups excluding carboxylic acids is 2. The molecule has 0 aliphatic heterocycles. The SMILES string of the molecule is O=C(O)CC(NC(=O)OCCC1CCCCC1)C(=O)Cn1nnc(Sc2c(Cl)cccc2Cl)n1. The summed E-state index contributed by atoms with van der Waals surface area (Å²) in [4.78, 5) is 37.6. The summed E-state index contributed by atoms with van der Waals surface area (Å²) in [5.74, 6) is -1.31. The van der Waals surface area contributed by atoms with Gasteiger partial charge < -0.3 is 15.2 Å². The third-order valence-corrected chi connectivity index (χ3v) is 7.23. The lowest BCUT2D eigenvalue weighted by Crippen LogP contribution is -2.44. The van der Waals surface area contributed by atoms with Crippen LogP contribution >= 0.6 is 35.0 Å². The molecule has 1 saturated carbocycles. The van der Waals surface area contributed by atoms with Crippen LogP contribution in [0.3, 0.4) is 0 Å². The highest BCUT2D eigenvalue weighted by atomic mass is 35.5. The molecular weight excluding hydrogens is 505 g/mol. The van der Waals surface area contributed by atoms with Crippen molar-refractivity contribution in [1.29, 1.82) is 0 Å². The predicted octanol–water partition coefficient (Wildman–Crippen LogP) is 4.24. The van der Waals surface area contributed by atoms with Gasteiger partial charge in [0.15, 0.2) is 5.78 Å². The lowest BCUT2D eigenvalue weighted by atomic mass is 9.87. The summed E-state index contributed by atoms with van der Waals surface area (Å²) < 4.78 is 5.18. The number of Topliss-reactive ketones (excluding diaryl/α,β-unsaturated/α-hetero) is 1. The summed E-state index contributed by atoms with van der Waals surface area (Å²) in [6.45, 7) is -0.162. The van der Waals surface area contributed by atoms with E-state index in [1.165, 1.54) is 19.3 Å². The van der Waals surface area contributed by atoms with Gasteiger partial charge in [-0.2, -0.15) is 4.80 Å². The van der Waals surface area contributed by atoms with Gasteiger partial charge in [-0.25, -0.2) is 4.79 Å². The van der Waals surface area contributed by atoms with Crippen LogP contribution in [0.5, 0.6) is 0 Å². The molecule has 2 aromatic rings. The third kappa shape index (κ3) is 8.14. The molecule has 0 saturated heterocycles. The number of nitrogens with one attached hydrogen (secondary N) is 1. The minimum absolute atomic E-state index is 0.202. The molecule has 10 nitrogen and oxygen atoms in total. The van der Waals surface area contributed by atoms with Crippen LogP contribution in [0.15, 0.2) is 28.3 Å². The summed E-state index contributed by atoms with van der Waals surface area (Å²) >= 11 is 13.4. The molecule has 1 aliphatic carbocycles.